The Labute approximate surface area is 107 Å². The lowest BCUT2D eigenvalue weighted by atomic mass is 10.1. The predicted octanol–water partition coefficient (Wildman–Crippen LogP) is 2.39. The van der Waals surface area contributed by atoms with Gasteiger partial charge < -0.3 is 4.74 Å². The fourth-order valence-corrected chi connectivity index (χ4v) is 1.80. The highest BCUT2D eigenvalue weighted by atomic mass is 35.7. The first kappa shape index (κ1) is 16.7. The second-order valence-electron chi connectivity index (χ2n) is 3.54. The molecule has 0 unspecified atom stereocenters. The van der Waals surface area contributed by atoms with Crippen LogP contribution in [0.2, 0.25) is 0 Å². The van der Waals surface area contributed by atoms with E-state index in [1.165, 1.54) is 0 Å². The molecule has 0 saturated heterocycles. The molecule has 0 aromatic carbocycles. The van der Waals surface area contributed by atoms with E-state index >= 15 is 0 Å². The zero-order valence-electron chi connectivity index (χ0n) is 9.98. The lowest BCUT2D eigenvalue weighted by Crippen LogP contribution is -2.03. The first-order valence-corrected chi connectivity index (χ1v) is 7.93. The van der Waals surface area contributed by atoms with Gasteiger partial charge in [-0.1, -0.05) is 19.3 Å². The molecule has 0 atom stereocenters. The molecule has 0 N–H and O–H groups in total. The highest BCUT2D eigenvalue weighted by Crippen LogP contribution is 2.07. The maximum Gasteiger partial charge on any atom is 0.355 e. The fourth-order valence-electron chi connectivity index (χ4n) is 1.29. The first-order valence-electron chi connectivity index (χ1n) is 5.70. The largest absolute Gasteiger partial charge is 0.466 e. The molecular weight excluding hydrogens is 268 g/mol. The normalized spacial score (nSPS) is 11.4. The molecule has 0 aliphatic carbocycles. The predicted molar refractivity (Wildman–Crippen MR) is 65.1 cm³/mol. The van der Waals surface area contributed by atoms with Gasteiger partial charge in [0.2, 0.25) is 0 Å². The van der Waals surface area contributed by atoms with Crippen LogP contribution in [-0.4, -0.2) is 27.6 Å². The molecule has 0 radical (unpaired) electrons. The lowest BCUT2D eigenvalue weighted by molar-refractivity contribution is -0.143. The van der Waals surface area contributed by atoms with Crippen molar-refractivity contribution in [2.45, 2.75) is 45.4 Å². The van der Waals surface area contributed by atoms with Crippen molar-refractivity contribution in [2.24, 2.45) is 0 Å². The quantitative estimate of drug-likeness (QED) is 0.350. The third-order valence-electron chi connectivity index (χ3n) is 2.05. The van der Waals surface area contributed by atoms with Gasteiger partial charge in [0.15, 0.2) is 0 Å². The molecule has 0 fully saturated rings. The van der Waals surface area contributed by atoms with Gasteiger partial charge in [-0.25, -0.2) is 0 Å². The maximum atomic E-state index is 11.0. The van der Waals surface area contributed by atoms with Crippen LogP contribution >= 0.6 is 10.7 Å². The van der Waals surface area contributed by atoms with E-state index in [4.69, 9.17) is 15.4 Å². The van der Waals surface area contributed by atoms with Crippen molar-refractivity contribution in [1.29, 1.82) is 0 Å². The van der Waals surface area contributed by atoms with Crippen LogP contribution in [0.1, 0.15) is 45.4 Å². The van der Waals surface area contributed by atoms with Crippen molar-refractivity contribution < 1.29 is 22.1 Å². The lowest BCUT2D eigenvalue weighted by Gasteiger charge is -2.02. The van der Waals surface area contributed by atoms with Crippen LogP contribution in [0.4, 0.5) is 0 Å². The topological polar surface area (TPSA) is 69.7 Å². The number of halogens is 1. The molecule has 0 aliphatic rings. The average Bonchev–Trinajstić information content (AvgIpc) is 2.21. The molecular formula is C10H19ClO5S. The number of hydrogen-bond donors (Lipinski definition) is 0. The summed E-state index contributed by atoms with van der Waals surface area (Å²) in [5, 5.41) is 0. The van der Waals surface area contributed by atoms with Gasteiger partial charge in [-0.05, 0) is 19.8 Å². The van der Waals surface area contributed by atoms with Gasteiger partial charge in [-0.2, -0.15) is 8.42 Å². The molecule has 17 heavy (non-hydrogen) atoms. The van der Waals surface area contributed by atoms with Crippen LogP contribution in [0, 0.1) is 0 Å². The summed E-state index contributed by atoms with van der Waals surface area (Å²) in [6.07, 6.45) is 4.60. The van der Waals surface area contributed by atoms with Crippen LogP contribution in [0.15, 0.2) is 0 Å². The van der Waals surface area contributed by atoms with Crippen LogP contribution < -0.4 is 0 Å². The molecule has 7 heteroatoms. The molecule has 0 bridgehead atoms. The Morgan fingerprint density at radius 2 is 1.71 bits per heavy atom. The maximum absolute atomic E-state index is 11.0. The highest BCUT2D eigenvalue weighted by Gasteiger charge is 2.04. The van der Waals surface area contributed by atoms with E-state index in [9.17, 15) is 13.2 Å². The number of hydrogen-bond acceptors (Lipinski definition) is 5. The van der Waals surface area contributed by atoms with Gasteiger partial charge in [0.1, 0.15) is 0 Å². The molecule has 0 amide bonds. The van der Waals surface area contributed by atoms with E-state index in [1.807, 2.05) is 0 Å². The summed E-state index contributed by atoms with van der Waals surface area (Å²) in [5.41, 5.74) is 0. The average molecular weight is 287 g/mol. The molecule has 0 aromatic rings. The summed E-state index contributed by atoms with van der Waals surface area (Å²) < 4.78 is 29.9. The third kappa shape index (κ3) is 13.6. The van der Waals surface area contributed by atoms with E-state index in [0.717, 1.165) is 25.7 Å². The number of esters is 1. The monoisotopic (exact) mass is 286 g/mol. The fraction of sp³-hybridized carbons (Fsp3) is 0.900. The second kappa shape index (κ2) is 9.67. The molecule has 0 spiro atoms. The minimum Gasteiger partial charge on any atom is -0.466 e. The summed E-state index contributed by atoms with van der Waals surface area (Å²) in [6, 6.07) is 0. The Balaban J connectivity index is 3.22. The van der Waals surface area contributed by atoms with Crippen LogP contribution in [0.25, 0.3) is 0 Å². The van der Waals surface area contributed by atoms with Crippen molar-refractivity contribution >= 4 is 26.0 Å². The minimum absolute atomic E-state index is 0.115. The summed E-state index contributed by atoms with van der Waals surface area (Å²) in [7, 11) is 1.03. The highest BCUT2D eigenvalue weighted by molar-refractivity contribution is 8.09. The van der Waals surface area contributed by atoms with Gasteiger partial charge >= 0.3 is 15.3 Å². The van der Waals surface area contributed by atoms with E-state index in [1.54, 1.807) is 6.92 Å². The van der Waals surface area contributed by atoms with E-state index in [2.05, 4.69) is 4.18 Å². The number of carbonyl (C=O) groups excluding carboxylic acids is 1. The van der Waals surface area contributed by atoms with Gasteiger partial charge in [-0.15, -0.1) is 0 Å². The van der Waals surface area contributed by atoms with Crippen molar-refractivity contribution in [3.8, 4) is 0 Å². The van der Waals surface area contributed by atoms with Crippen molar-refractivity contribution in [2.75, 3.05) is 13.2 Å². The Hall–Kier alpha value is -0.330. The standard InChI is InChI=1S/C10H19ClO5S/c1-2-15-10(12)8-6-4-3-5-7-9-16-17(11,13)14/h2-9H2,1H3. The SMILES string of the molecule is CCOC(=O)CCCCCCCOS(=O)(=O)Cl. The molecule has 0 saturated carbocycles. The van der Waals surface area contributed by atoms with Gasteiger partial charge in [-0.3, -0.25) is 8.98 Å². The van der Waals surface area contributed by atoms with Gasteiger partial charge in [0.05, 0.1) is 13.2 Å². The molecule has 102 valence electrons. The number of ether oxygens (including phenoxy) is 1. The summed E-state index contributed by atoms with van der Waals surface area (Å²) >= 11 is 0. The Kier molecular flexibility index (Phi) is 9.49. The minimum atomic E-state index is -3.83. The number of unbranched alkanes of at least 4 members (excludes halogenated alkanes) is 4. The first-order chi connectivity index (χ1) is 7.95. The number of carbonyl (C=O) groups is 1. The van der Waals surface area contributed by atoms with Crippen molar-refractivity contribution in [3.63, 3.8) is 0 Å². The summed E-state index contributed by atoms with van der Waals surface area (Å²) in [6.45, 7) is 2.32. The van der Waals surface area contributed by atoms with E-state index in [0.29, 0.717) is 19.4 Å². The zero-order chi connectivity index (χ0) is 13.1. The van der Waals surface area contributed by atoms with Crippen LogP contribution in [0.5, 0.6) is 0 Å². The zero-order valence-corrected chi connectivity index (χ0v) is 11.6. The Morgan fingerprint density at radius 1 is 1.12 bits per heavy atom. The molecule has 0 aliphatic heterocycles. The summed E-state index contributed by atoms with van der Waals surface area (Å²) in [5.74, 6) is -0.163. The van der Waals surface area contributed by atoms with Crippen molar-refractivity contribution in [3.05, 3.63) is 0 Å². The second-order valence-corrected chi connectivity index (χ2v) is 5.69. The van der Waals surface area contributed by atoms with Crippen LogP contribution in [0.3, 0.4) is 0 Å². The molecule has 5 nitrogen and oxygen atoms in total. The number of rotatable bonds is 10. The van der Waals surface area contributed by atoms with E-state index in [-0.39, 0.29) is 12.6 Å². The molecule has 0 heterocycles. The van der Waals surface area contributed by atoms with E-state index < -0.39 is 9.33 Å². The van der Waals surface area contributed by atoms with Gasteiger partial charge in [0, 0.05) is 17.1 Å². The van der Waals surface area contributed by atoms with Crippen LogP contribution in [-0.2, 0) is 23.0 Å². The van der Waals surface area contributed by atoms with Gasteiger partial charge in [0.25, 0.3) is 0 Å². The van der Waals surface area contributed by atoms with Crippen molar-refractivity contribution in [1.82, 2.24) is 0 Å². The smallest absolute Gasteiger partial charge is 0.355 e. The molecule has 0 rings (SSSR count). The Morgan fingerprint density at radius 3 is 2.29 bits per heavy atom. The molecule has 0 aromatic heterocycles. The summed E-state index contributed by atoms with van der Waals surface area (Å²) in [4.78, 5) is 11.0. The Bertz CT molecular complexity index is 302. The third-order valence-corrected chi connectivity index (χ3v) is 2.77.